The van der Waals surface area contributed by atoms with E-state index in [0.717, 1.165) is 4.90 Å². The Morgan fingerprint density at radius 2 is 1.71 bits per heavy atom. The van der Waals surface area contributed by atoms with Crippen LogP contribution in [0.5, 0.6) is 5.75 Å². The van der Waals surface area contributed by atoms with Crippen LogP contribution in [0.15, 0.2) is 18.2 Å². The van der Waals surface area contributed by atoms with Crippen LogP contribution >= 0.6 is 0 Å². The molecule has 0 bridgehead atoms. The summed E-state index contributed by atoms with van der Waals surface area (Å²) in [5.41, 5.74) is -4.84. The summed E-state index contributed by atoms with van der Waals surface area (Å²) in [4.78, 5) is 13.1. The summed E-state index contributed by atoms with van der Waals surface area (Å²) < 4.78 is 125. The molecule has 1 fully saturated rings. The predicted octanol–water partition coefficient (Wildman–Crippen LogP) is 4.07. The highest BCUT2D eigenvalue weighted by molar-refractivity contribution is 5.79. The molecular weight excluding hydrogens is 449 g/mol. The summed E-state index contributed by atoms with van der Waals surface area (Å²) >= 11 is 0. The lowest BCUT2D eigenvalue weighted by Gasteiger charge is -2.46. The Balaban J connectivity index is 2.17. The number of alkyl halides is 9. The number of ether oxygens (including phenoxy) is 1. The quantitative estimate of drug-likeness (QED) is 0.668. The van der Waals surface area contributed by atoms with Crippen molar-refractivity contribution in [3.8, 4) is 5.75 Å². The number of aliphatic hydroxyl groups is 1. The van der Waals surface area contributed by atoms with Crippen molar-refractivity contribution >= 4 is 5.91 Å². The van der Waals surface area contributed by atoms with E-state index in [0.29, 0.717) is 6.07 Å². The number of benzene rings is 1. The van der Waals surface area contributed by atoms with Crippen LogP contribution in [0.1, 0.15) is 30.0 Å². The minimum atomic E-state index is -6.58. The number of hydrogen-bond donors (Lipinski definition) is 1. The first-order chi connectivity index (χ1) is 14.2. The predicted molar refractivity (Wildman–Crippen MR) is 86.3 cm³/mol. The second-order valence-corrected chi connectivity index (χ2v) is 7.41. The third kappa shape index (κ3) is 3.40. The Morgan fingerprint density at radius 1 is 1.10 bits per heavy atom. The fraction of sp³-hybridized carbons (Fsp3) is 0.611. The first kappa shape index (κ1) is 23.5. The number of carbonyl (C=O) groups is 1. The Hall–Kier alpha value is -2.18. The molecular formula is C18H16F9NO3. The zero-order valence-corrected chi connectivity index (χ0v) is 15.5. The topological polar surface area (TPSA) is 49.8 Å². The van der Waals surface area contributed by atoms with Gasteiger partial charge in [0.25, 0.3) is 0 Å². The van der Waals surface area contributed by atoms with Gasteiger partial charge in [-0.15, -0.1) is 0 Å². The average molecular weight is 465 g/mol. The highest BCUT2D eigenvalue weighted by Gasteiger charge is 2.73. The van der Waals surface area contributed by atoms with Crippen LogP contribution in [0, 0.1) is 0 Å². The van der Waals surface area contributed by atoms with Crippen LogP contribution < -0.4 is 4.74 Å². The van der Waals surface area contributed by atoms with Gasteiger partial charge in [-0.2, -0.15) is 30.7 Å². The molecule has 2 atom stereocenters. The molecule has 31 heavy (non-hydrogen) atoms. The zero-order chi connectivity index (χ0) is 23.4. The lowest BCUT2D eigenvalue weighted by Crippen LogP contribution is -2.60. The molecule has 1 saturated heterocycles. The van der Waals surface area contributed by atoms with Crippen molar-refractivity contribution < 1.29 is 54.2 Å². The molecule has 1 N–H and O–H groups in total. The standard InChI is InChI=1S/C18H16F9NO3/c19-7-15(8-20)14(30)13(28-5-1-2-12(28)29)10-6-9(3-4-11(10)31-15)16(21,22)17(23,24)18(25,26)27/h3-4,6,13-14,30H,1-2,5,7-8H2/t13-,14+/m1/s1. The van der Waals surface area contributed by atoms with Gasteiger partial charge in [0.2, 0.25) is 5.91 Å². The summed E-state index contributed by atoms with van der Waals surface area (Å²) in [5, 5.41) is 10.6. The zero-order valence-electron chi connectivity index (χ0n) is 15.5. The molecule has 174 valence electrons. The van der Waals surface area contributed by atoms with Crippen LogP contribution in [-0.2, 0) is 10.7 Å². The van der Waals surface area contributed by atoms with Gasteiger partial charge in [-0.1, -0.05) is 0 Å². The van der Waals surface area contributed by atoms with E-state index in [1.807, 2.05) is 0 Å². The summed E-state index contributed by atoms with van der Waals surface area (Å²) in [5.74, 6) is -13.3. The van der Waals surface area contributed by atoms with Crippen LogP contribution in [0.25, 0.3) is 0 Å². The van der Waals surface area contributed by atoms with Crippen LogP contribution in [0.4, 0.5) is 39.5 Å². The van der Waals surface area contributed by atoms with Gasteiger partial charge in [0.15, 0.2) is 5.60 Å². The molecule has 0 aliphatic carbocycles. The Labute approximate surface area is 169 Å². The van der Waals surface area contributed by atoms with E-state index in [2.05, 4.69) is 0 Å². The molecule has 3 rings (SSSR count). The van der Waals surface area contributed by atoms with E-state index in [4.69, 9.17) is 4.74 Å². The van der Waals surface area contributed by atoms with Crippen molar-refractivity contribution in [2.24, 2.45) is 0 Å². The summed E-state index contributed by atoms with van der Waals surface area (Å²) in [6.07, 6.45) is -8.52. The third-order valence-corrected chi connectivity index (χ3v) is 5.49. The first-order valence-electron chi connectivity index (χ1n) is 8.99. The lowest BCUT2D eigenvalue weighted by atomic mass is 9.83. The Kier molecular flexibility index (Phi) is 5.64. The fourth-order valence-corrected chi connectivity index (χ4v) is 3.71. The van der Waals surface area contributed by atoms with Gasteiger partial charge in [0.1, 0.15) is 25.2 Å². The second kappa shape index (κ2) is 7.45. The maximum atomic E-state index is 14.2. The molecule has 1 aromatic carbocycles. The average Bonchev–Trinajstić information content (AvgIpc) is 3.11. The summed E-state index contributed by atoms with van der Waals surface area (Å²) in [7, 11) is 0. The lowest BCUT2D eigenvalue weighted by molar-refractivity contribution is -0.359. The molecule has 0 radical (unpaired) electrons. The molecule has 2 aliphatic rings. The normalized spacial score (nSPS) is 24.2. The number of amides is 1. The van der Waals surface area contributed by atoms with Crippen molar-refractivity contribution in [1.29, 1.82) is 0 Å². The van der Waals surface area contributed by atoms with Crippen molar-refractivity contribution in [3.05, 3.63) is 29.3 Å². The number of fused-ring (bicyclic) bond motifs is 1. The van der Waals surface area contributed by atoms with Gasteiger partial charge < -0.3 is 14.7 Å². The highest BCUT2D eigenvalue weighted by Crippen LogP contribution is 2.53. The smallest absolute Gasteiger partial charge is 0.460 e. The largest absolute Gasteiger partial charge is 0.479 e. The van der Waals surface area contributed by atoms with E-state index in [9.17, 15) is 49.4 Å². The number of halogens is 9. The van der Waals surface area contributed by atoms with Crippen molar-refractivity contribution in [3.63, 3.8) is 0 Å². The van der Waals surface area contributed by atoms with Gasteiger partial charge in [-0.25, -0.2) is 8.78 Å². The fourth-order valence-electron chi connectivity index (χ4n) is 3.71. The molecule has 0 unspecified atom stereocenters. The number of rotatable bonds is 5. The molecule has 0 aromatic heterocycles. The monoisotopic (exact) mass is 465 g/mol. The van der Waals surface area contributed by atoms with Gasteiger partial charge >= 0.3 is 18.0 Å². The number of hydrogen-bond acceptors (Lipinski definition) is 3. The van der Waals surface area contributed by atoms with E-state index < -0.39 is 71.9 Å². The number of aliphatic hydroxyl groups excluding tert-OH is 1. The van der Waals surface area contributed by atoms with E-state index in [-0.39, 0.29) is 31.5 Å². The van der Waals surface area contributed by atoms with Gasteiger partial charge in [0, 0.05) is 24.1 Å². The summed E-state index contributed by atoms with van der Waals surface area (Å²) in [6.45, 7) is -3.24. The van der Waals surface area contributed by atoms with Crippen molar-refractivity contribution in [2.75, 3.05) is 19.9 Å². The third-order valence-electron chi connectivity index (χ3n) is 5.49. The highest BCUT2D eigenvalue weighted by atomic mass is 19.4. The molecule has 2 heterocycles. The van der Waals surface area contributed by atoms with Crippen molar-refractivity contribution in [2.45, 2.75) is 48.6 Å². The SMILES string of the molecule is O=C1CCCN1[C@@H]1c2cc(C(F)(F)C(F)(F)C(F)(F)F)ccc2OC(CF)(CF)[C@H]1O. The molecule has 4 nitrogen and oxygen atoms in total. The first-order valence-corrected chi connectivity index (χ1v) is 8.99. The Morgan fingerprint density at radius 3 is 2.19 bits per heavy atom. The maximum absolute atomic E-state index is 14.2. The minimum absolute atomic E-state index is 0.0420. The number of carbonyl (C=O) groups excluding carboxylic acids is 1. The van der Waals surface area contributed by atoms with E-state index >= 15 is 0 Å². The molecule has 0 spiro atoms. The molecule has 1 amide bonds. The van der Waals surface area contributed by atoms with Crippen molar-refractivity contribution in [1.82, 2.24) is 4.90 Å². The van der Waals surface area contributed by atoms with Crippen LogP contribution in [0.2, 0.25) is 0 Å². The van der Waals surface area contributed by atoms with Crippen LogP contribution in [-0.4, -0.2) is 59.6 Å². The summed E-state index contributed by atoms with van der Waals surface area (Å²) in [6, 6.07) is -0.694. The van der Waals surface area contributed by atoms with E-state index in [1.54, 1.807) is 0 Å². The second-order valence-electron chi connectivity index (χ2n) is 7.41. The molecule has 0 saturated carbocycles. The van der Waals surface area contributed by atoms with Gasteiger partial charge in [-0.05, 0) is 24.6 Å². The van der Waals surface area contributed by atoms with Crippen LogP contribution in [0.3, 0.4) is 0 Å². The molecule has 1 aromatic rings. The maximum Gasteiger partial charge on any atom is 0.460 e. The molecule has 2 aliphatic heterocycles. The van der Waals surface area contributed by atoms with Gasteiger partial charge in [0.05, 0.1) is 6.04 Å². The minimum Gasteiger partial charge on any atom is -0.479 e. The van der Waals surface area contributed by atoms with Gasteiger partial charge in [-0.3, -0.25) is 4.79 Å². The van der Waals surface area contributed by atoms with E-state index in [1.165, 1.54) is 0 Å². The molecule has 13 heteroatoms. The number of nitrogens with zero attached hydrogens (tertiary/aromatic N) is 1. The number of likely N-dealkylation sites (tertiary alicyclic amines) is 1. The Bertz CT molecular complexity index is 854.